The van der Waals surface area contributed by atoms with Crippen molar-refractivity contribution in [1.29, 1.82) is 0 Å². The molecule has 0 aliphatic carbocycles. The SMILES string of the molecule is CCOc1cccnc1O[C@@H]1CCCN(c2cncc(Nc3cccc(Oc4ccc(CC(=O)O)cc4)n3)n2)C1. The van der Waals surface area contributed by atoms with E-state index < -0.39 is 5.97 Å². The van der Waals surface area contributed by atoms with Crippen molar-refractivity contribution in [3.63, 3.8) is 0 Å². The number of pyridine rings is 2. The van der Waals surface area contributed by atoms with Crippen molar-refractivity contribution in [1.82, 2.24) is 19.9 Å². The lowest BCUT2D eigenvalue weighted by atomic mass is 10.1. The monoisotopic (exact) mass is 542 g/mol. The van der Waals surface area contributed by atoms with E-state index in [0.29, 0.717) is 53.6 Å². The Hall–Kier alpha value is -4.93. The maximum absolute atomic E-state index is 10.9. The van der Waals surface area contributed by atoms with Crippen molar-refractivity contribution < 1.29 is 24.1 Å². The number of carbonyl (C=O) groups is 1. The Labute approximate surface area is 231 Å². The van der Waals surface area contributed by atoms with E-state index in [9.17, 15) is 4.79 Å². The number of nitrogens with zero attached hydrogens (tertiary/aromatic N) is 5. The number of hydrogen-bond donors (Lipinski definition) is 2. The van der Waals surface area contributed by atoms with Crippen molar-refractivity contribution in [3.05, 3.63) is 78.8 Å². The molecule has 1 atom stereocenters. The van der Waals surface area contributed by atoms with Crippen LogP contribution in [-0.2, 0) is 11.2 Å². The molecule has 0 spiro atoms. The lowest BCUT2D eigenvalue weighted by Crippen LogP contribution is -2.41. The summed E-state index contributed by atoms with van der Waals surface area (Å²) in [5.74, 6) is 3.03. The van der Waals surface area contributed by atoms with Crippen LogP contribution in [0, 0.1) is 0 Å². The first-order chi connectivity index (χ1) is 19.6. The van der Waals surface area contributed by atoms with Crippen molar-refractivity contribution in [2.75, 3.05) is 29.9 Å². The minimum atomic E-state index is -0.879. The van der Waals surface area contributed by atoms with E-state index in [2.05, 4.69) is 25.2 Å². The molecule has 0 saturated carbocycles. The number of anilines is 3. The summed E-state index contributed by atoms with van der Waals surface area (Å²) in [5.41, 5.74) is 0.695. The second-order valence-electron chi connectivity index (χ2n) is 9.13. The first kappa shape index (κ1) is 26.7. The fourth-order valence-corrected chi connectivity index (χ4v) is 4.34. The van der Waals surface area contributed by atoms with Crippen molar-refractivity contribution in [2.24, 2.45) is 0 Å². The second-order valence-corrected chi connectivity index (χ2v) is 9.13. The van der Waals surface area contributed by atoms with Gasteiger partial charge in [-0.05, 0) is 55.7 Å². The summed E-state index contributed by atoms with van der Waals surface area (Å²) in [6, 6.07) is 15.9. The summed E-state index contributed by atoms with van der Waals surface area (Å²) in [6.07, 6.45) is 6.83. The first-order valence-corrected chi connectivity index (χ1v) is 13.1. The van der Waals surface area contributed by atoms with E-state index in [1.807, 2.05) is 31.2 Å². The minimum Gasteiger partial charge on any atom is -0.488 e. The molecule has 0 bridgehead atoms. The Bertz CT molecular complexity index is 1430. The van der Waals surface area contributed by atoms with Crippen LogP contribution in [0.5, 0.6) is 23.3 Å². The second kappa shape index (κ2) is 12.7. The highest BCUT2D eigenvalue weighted by atomic mass is 16.5. The Morgan fingerprint density at radius 3 is 2.77 bits per heavy atom. The normalized spacial score (nSPS) is 14.8. The van der Waals surface area contributed by atoms with Crippen molar-refractivity contribution in [3.8, 4) is 23.3 Å². The van der Waals surface area contributed by atoms with E-state index in [4.69, 9.17) is 24.3 Å². The molecule has 4 aromatic rings. The highest BCUT2D eigenvalue weighted by Crippen LogP contribution is 2.28. The quantitative estimate of drug-likeness (QED) is 0.269. The summed E-state index contributed by atoms with van der Waals surface area (Å²) >= 11 is 0. The highest BCUT2D eigenvalue weighted by molar-refractivity contribution is 5.70. The molecule has 4 heterocycles. The molecule has 1 aromatic carbocycles. The fourth-order valence-electron chi connectivity index (χ4n) is 4.34. The first-order valence-electron chi connectivity index (χ1n) is 13.1. The maximum Gasteiger partial charge on any atom is 0.307 e. The van der Waals surface area contributed by atoms with Gasteiger partial charge in [0.25, 0.3) is 5.88 Å². The molecule has 0 radical (unpaired) electrons. The van der Waals surface area contributed by atoms with Crippen molar-refractivity contribution in [2.45, 2.75) is 32.3 Å². The van der Waals surface area contributed by atoms with Crippen LogP contribution in [0.25, 0.3) is 0 Å². The predicted octanol–water partition coefficient (Wildman–Crippen LogP) is 4.88. The van der Waals surface area contributed by atoms with Crippen LogP contribution in [0.15, 0.2) is 73.2 Å². The third-order valence-corrected chi connectivity index (χ3v) is 6.12. The number of ether oxygens (including phenoxy) is 3. The molecule has 11 nitrogen and oxygen atoms in total. The van der Waals surface area contributed by atoms with Crippen LogP contribution in [0.2, 0.25) is 0 Å². The van der Waals surface area contributed by atoms with Gasteiger partial charge in [-0.25, -0.2) is 9.97 Å². The van der Waals surface area contributed by atoms with E-state index >= 15 is 0 Å². The zero-order valence-electron chi connectivity index (χ0n) is 22.1. The largest absolute Gasteiger partial charge is 0.488 e. The molecule has 40 heavy (non-hydrogen) atoms. The summed E-state index contributed by atoms with van der Waals surface area (Å²) in [4.78, 5) is 31.0. The Balaban J connectivity index is 1.22. The molecule has 3 aromatic heterocycles. The number of nitrogens with one attached hydrogen (secondary N) is 1. The van der Waals surface area contributed by atoms with Gasteiger partial charge < -0.3 is 29.5 Å². The molecular weight excluding hydrogens is 512 g/mol. The third-order valence-electron chi connectivity index (χ3n) is 6.12. The molecule has 0 amide bonds. The number of rotatable bonds is 11. The van der Waals surface area contributed by atoms with Gasteiger partial charge in [0.15, 0.2) is 11.6 Å². The van der Waals surface area contributed by atoms with E-state index in [-0.39, 0.29) is 12.5 Å². The van der Waals surface area contributed by atoms with Gasteiger partial charge in [0.05, 0.1) is 32.0 Å². The molecule has 1 aliphatic heterocycles. The van der Waals surface area contributed by atoms with Crippen LogP contribution in [0.3, 0.4) is 0 Å². The van der Waals surface area contributed by atoms with Crippen LogP contribution < -0.4 is 24.4 Å². The summed E-state index contributed by atoms with van der Waals surface area (Å²) in [5, 5.41) is 12.1. The smallest absolute Gasteiger partial charge is 0.307 e. The highest BCUT2D eigenvalue weighted by Gasteiger charge is 2.24. The van der Waals surface area contributed by atoms with Crippen molar-refractivity contribution >= 4 is 23.4 Å². The topological polar surface area (TPSA) is 132 Å². The van der Waals surface area contributed by atoms with Gasteiger partial charge in [-0.15, -0.1) is 0 Å². The predicted molar refractivity (Wildman–Crippen MR) is 149 cm³/mol. The zero-order valence-corrected chi connectivity index (χ0v) is 22.1. The lowest BCUT2D eigenvalue weighted by Gasteiger charge is -2.33. The van der Waals surface area contributed by atoms with Gasteiger partial charge in [0.1, 0.15) is 23.5 Å². The van der Waals surface area contributed by atoms with Gasteiger partial charge in [0, 0.05) is 18.8 Å². The number of aromatic nitrogens is 4. The average Bonchev–Trinajstić information content (AvgIpc) is 2.96. The third kappa shape index (κ3) is 7.13. The van der Waals surface area contributed by atoms with E-state index in [1.54, 1.807) is 48.9 Å². The summed E-state index contributed by atoms with van der Waals surface area (Å²) in [6.45, 7) is 3.96. The average molecular weight is 543 g/mol. The van der Waals surface area contributed by atoms with Gasteiger partial charge >= 0.3 is 5.97 Å². The molecular formula is C29H30N6O5. The van der Waals surface area contributed by atoms with E-state index in [0.717, 1.165) is 25.2 Å². The van der Waals surface area contributed by atoms with Gasteiger partial charge in [-0.2, -0.15) is 4.98 Å². The Morgan fingerprint density at radius 2 is 1.95 bits per heavy atom. The molecule has 1 fully saturated rings. The standard InChI is InChI=1S/C29H30N6O5/c1-2-38-23-7-4-14-31-29(23)40-22-6-5-15-35(19-22)26-18-30-17-25(33-26)32-24-8-3-9-27(34-24)39-21-12-10-20(11-13-21)16-28(36)37/h3-4,7-14,17-18,22H,2,5-6,15-16,19H2,1H3,(H,36,37)(H,32,33,34)/t22-/m1/s1. The molecule has 0 unspecified atom stereocenters. The van der Waals surface area contributed by atoms with E-state index in [1.165, 1.54) is 0 Å². The van der Waals surface area contributed by atoms with Gasteiger partial charge in [0.2, 0.25) is 5.88 Å². The van der Waals surface area contributed by atoms with Crippen LogP contribution in [0.4, 0.5) is 17.5 Å². The minimum absolute atomic E-state index is 0.0395. The number of aliphatic carboxylic acids is 1. The number of carboxylic acids is 1. The van der Waals surface area contributed by atoms with Crippen LogP contribution in [-0.4, -0.2) is 56.8 Å². The number of benzene rings is 1. The molecule has 1 saturated heterocycles. The fraction of sp³-hybridized carbons (Fsp3) is 0.276. The molecule has 1 aliphatic rings. The molecule has 2 N–H and O–H groups in total. The molecule has 11 heteroatoms. The summed E-state index contributed by atoms with van der Waals surface area (Å²) < 4.78 is 17.7. The Kier molecular flexibility index (Phi) is 8.50. The van der Waals surface area contributed by atoms with Crippen LogP contribution in [0.1, 0.15) is 25.3 Å². The molecule has 206 valence electrons. The number of carboxylic acid groups (broad SMARTS) is 1. The number of piperidine rings is 1. The number of hydrogen-bond acceptors (Lipinski definition) is 10. The van der Waals surface area contributed by atoms with Crippen LogP contribution >= 0.6 is 0 Å². The molecule has 5 rings (SSSR count). The van der Waals surface area contributed by atoms with Gasteiger partial charge in [-0.1, -0.05) is 18.2 Å². The lowest BCUT2D eigenvalue weighted by molar-refractivity contribution is -0.136. The maximum atomic E-state index is 10.9. The summed E-state index contributed by atoms with van der Waals surface area (Å²) in [7, 11) is 0. The van der Waals surface area contributed by atoms with Gasteiger partial charge in [-0.3, -0.25) is 9.78 Å². The zero-order chi connectivity index (χ0) is 27.7. The Morgan fingerprint density at radius 1 is 1.07 bits per heavy atom.